The lowest BCUT2D eigenvalue weighted by Gasteiger charge is -2.49. The Morgan fingerprint density at radius 3 is 2.07 bits per heavy atom. The first kappa shape index (κ1) is 18.5. The van der Waals surface area contributed by atoms with Crippen LogP contribution in [0, 0.1) is 22.5 Å². The molecule has 3 atom stereocenters. The second-order valence-electron chi connectivity index (χ2n) is 8.07. The minimum absolute atomic E-state index is 0.00643. The Kier molecular flexibility index (Phi) is 4.01. The highest BCUT2D eigenvalue weighted by molar-refractivity contribution is 6.31. The number of hydrogen-bond donors (Lipinski definition) is 1. The molecule has 0 aliphatic heterocycles. The zero-order valence-corrected chi connectivity index (χ0v) is 15.7. The fourth-order valence-electron chi connectivity index (χ4n) is 5.07. The summed E-state index contributed by atoms with van der Waals surface area (Å²) in [4.78, 5) is 38.8. The number of nitro groups is 1. The number of nitrogens with zero attached hydrogens (tertiary/aromatic N) is 1. The van der Waals surface area contributed by atoms with Gasteiger partial charge in [-0.15, -0.1) is 0 Å². The summed E-state index contributed by atoms with van der Waals surface area (Å²) in [5.41, 5.74) is -1.64. The third kappa shape index (κ3) is 2.24. The maximum absolute atomic E-state index is 13.6. The number of ketones is 2. The van der Waals surface area contributed by atoms with E-state index in [1.165, 1.54) is 6.92 Å². The summed E-state index contributed by atoms with van der Waals surface area (Å²) in [5.74, 6) is -2.08. The summed E-state index contributed by atoms with van der Waals surface area (Å²) in [6.07, 6.45) is 0.101. The lowest BCUT2D eigenvalue weighted by molar-refractivity contribution is -0.535. The van der Waals surface area contributed by atoms with Gasteiger partial charge in [0.05, 0.1) is 11.5 Å². The molecule has 1 N–H and O–H groups in total. The van der Waals surface area contributed by atoms with Crippen LogP contribution < -0.4 is 0 Å². The van der Waals surface area contributed by atoms with Crippen LogP contribution in [0.4, 0.5) is 0 Å². The fraction of sp³-hybridized carbons (Fsp3) is 0.364. The highest BCUT2D eigenvalue weighted by Gasteiger charge is 2.72. The summed E-state index contributed by atoms with van der Waals surface area (Å²) < 4.78 is 0. The Labute approximate surface area is 162 Å². The molecule has 28 heavy (non-hydrogen) atoms. The fourth-order valence-corrected chi connectivity index (χ4v) is 5.07. The largest absolute Gasteiger partial charge is 0.389 e. The first-order valence-corrected chi connectivity index (χ1v) is 9.33. The van der Waals surface area contributed by atoms with Crippen molar-refractivity contribution in [2.45, 2.75) is 44.2 Å². The molecule has 6 heteroatoms. The molecular weight excluding hydrogens is 358 g/mol. The summed E-state index contributed by atoms with van der Waals surface area (Å²) in [6.45, 7) is 3.36. The summed E-state index contributed by atoms with van der Waals surface area (Å²) >= 11 is 0. The Morgan fingerprint density at radius 2 is 1.57 bits per heavy atom. The minimum Gasteiger partial charge on any atom is -0.389 e. The van der Waals surface area contributed by atoms with Crippen molar-refractivity contribution in [3.63, 3.8) is 0 Å². The molecule has 0 saturated heterocycles. The van der Waals surface area contributed by atoms with Gasteiger partial charge in [0.1, 0.15) is 5.41 Å². The van der Waals surface area contributed by atoms with Crippen LogP contribution in [0.25, 0.3) is 0 Å². The number of carbonyl (C=O) groups excluding carboxylic acids is 2. The number of aliphatic hydroxyl groups is 1. The zero-order valence-electron chi connectivity index (χ0n) is 15.7. The van der Waals surface area contributed by atoms with Gasteiger partial charge in [0.15, 0.2) is 11.6 Å². The predicted molar refractivity (Wildman–Crippen MR) is 102 cm³/mol. The average molecular weight is 379 g/mol. The van der Waals surface area contributed by atoms with E-state index in [2.05, 4.69) is 0 Å². The van der Waals surface area contributed by atoms with Crippen molar-refractivity contribution in [3.05, 3.63) is 80.9 Å². The maximum Gasteiger partial charge on any atom is 0.221 e. The average Bonchev–Trinajstić information content (AvgIpc) is 2.88. The molecule has 4 rings (SSSR count). The lowest BCUT2D eigenvalue weighted by atomic mass is 9.52. The van der Waals surface area contributed by atoms with Gasteiger partial charge in [0.25, 0.3) is 0 Å². The smallest absolute Gasteiger partial charge is 0.221 e. The van der Waals surface area contributed by atoms with Crippen LogP contribution in [0.15, 0.2) is 48.5 Å². The molecule has 6 nitrogen and oxygen atoms in total. The topological polar surface area (TPSA) is 97.5 Å². The highest BCUT2D eigenvalue weighted by atomic mass is 16.6. The van der Waals surface area contributed by atoms with Gasteiger partial charge in [0, 0.05) is 22.5 Å². The Hall–Kier alpha value is -2.86. The van der Waals surface area contributed by atoms with Gasteiger partial charge in [0.2, 0.25) is 6.04 Å². The van der Waals surface area contributed by atoms with Crippen LogP contribution in [0.5, 0.6) is 0 Å². The van der Waals surface area contributed by atoms with Crippen molar-refractivity contribution >= 4 is 11.6 Å². The molecule has 0 amide bonds. The van der Waals surface area contributed by atoms with Gasteiger partial charge < -0.3 is 5.11 Å². The van der Waals surface area contributed by atoms with E-state index >= 15 is 0 Å². The molecule has 2 aliphatic rings. The van der Waals surface area contributed by atoms with Crippen molar-refractivity contribution in [1.82, 2.24) is 0 Å². The van der Waals surface area contributed by atoms with Gasteiger partial charge in [-0.3, -0.25) is 19.7 Å². The van der Waals surface area contributed by atoms with E-state index in [4.69, 9.17) is 0 Å². The molecular formula is C22H21NO5. The van der Waals surface area contributed by atoms with Crippen LogP contribution in [-0.2, 0) is 0 Å². The van der Waals surface area contributed by atoms with Crippen LogP contribution >= 0.6 is 0 Å². The molecule has 0 aromatic heterocycles. The second-order valence-corrected chi connectivity index (χ2v) is 8.07. The minimum atomic E-state index is -1.90. The molecule has 1 saturated carbocycles. The molecule has 1 fully saturated rings. The lowest BCUT2D eigenvalue weighted by Crippen LogP contribution is -2.63. The van der Waals surface area contributed by atoms with Crippen molar-refractivity contribution in [2.24, 2.45) is 5.41 Å². The van der Waals surface area contributed by atoms with Crippen molar-refractivity contribution in [1.29, 1.82) is 0 Å². The summed E-state index contributed by atoms with van der Waals surface area (Å²) in [6, 6.07) is 12.4. The quantitative estimate of drug-likeness (QED) is 0.490. The molecule has 0 unspecified atom stereocenters. The van der Waals surface area contributed by atoms with Crippen LogP contribution in [0.2, 0.25) is 0 Å². The van der Waals surface area contributed by atoms with E-state index in [-0.39, 0.29) is 24.0 Å². The monoisotopic (exact) mass is 379 g/mol. The third-order valence-corrected chi connectivity index (χ3v) is 6.47. The number of Topliss-reactive ketones (excluding diaryl/α,β-unsaturated/α-hetero) is 2. The Morgan fingerprint density at radius 1 is 1.04 bits per heavy atom. The molecule has 1 spiro atoms. The second kappa shape index (κ2) is 6.07. The van der Waals surface area contributed by atoms with Gasteiger partial charge >= 0.3 is 0 Å². The number of hydrogen-bond acceptors (Lipinski definition) is 5. The molecule has 0 heterocycles. The number of fused-ring (bicyclic) bond motifs is 1. The molecule has 2 aromatic carbocycles. The third-order valence-electron chi connectivity index (χ3n) is 6.47. The number of aryl methyl sites for hydroxylation is 1. The van der Waals surface area contributed by atoms with E-state index in [0.29, 0.717) is 5.56 Å². The van der Waals surface area contributed by atoms with Crippen LogP contribution in [0.3, 0.4) is 0 Å². The first-order valence-electron chi connectivity index (χ1n) is 9.33. The van der Waals surface area contributed by atoms with Crippen molar-refractivity contribution in [3.8, 4) is 0 Å². The molecule has 144 valence electrons. The highest BCUT2D eigenvalue weighted by Crippen LogP contribution is 2.59. The molecule has 2 aliphatic carbocycles. The van der Waals surface area contributed by atoms with E-state index in [0.717, 1.165) is 5.56 Å². The predicted octanol–water partition coefficient (Wildman–Crippen LogP) is 3.33. The summed E-state index contributed by atoms with van der Waals surface area (Å²) in [5, 5.41) is 23.3. The summed E-state index contributed by atoms with van der Waals surface area (Å²) in [7, 11) is 0. The molecule has 2 aromatic rings. The van der Waals surface area contributed by atoms with Crippen LogP contribution in [-0.4, -0.2) is 33.2 Å². The van der Waals surface area contributed by atoms with Gasteiger partial charge in [-0.25, -0.2) is 0 Å². The van der Waals surface area contributed by atoms with E-state index in [1.807, 2.05) is 6.92 Å². The van der Waals surface area contributed by atoms with E-state index < -0.39 is 39.5 Å². The molecule has 0 bridgehead atoms. The standard InChI is InChI=1S/C22H21NO5/c1-13-7-9-14(10-8-13)18-17(23(27)28)11-12-21(2,26)22(18)19(24)15-5-3-4-6-16(15)20(22)25/h3-10,17-18,26H,11-12H2,1-2H3/t17-,18+,21+/m0/s1. The van der Waals surface area contributed by atoms with Gasteiger partial charge in [-0.2, -0.15) is 0 Å². The normalized spacial score (nSPS) is 28.4. The van der Waals surface area contributed by atoms with Crippen molar-refractivity contribution < 1.29 is 19.6 Å². The number of rotatable bonds is 2. The Balaban J connectivity index is 2.03. The Bertz CT molecular complexity index is 957. The van der Waals surface area contributed by atoms with Gasteiger partial charge in [-0.1, -0.05) is 54.1 Å². The SMILES string of the molecule is Cc1ccc([C@@H]2[C@@H]([N+](=O)[O-])CC[C@@](C)(O)C23C(=O)c2ccccc2C3=O)cc1. The van der Waals surface area contributed by atoms with Crippen molar-refractivity contribution in [2.75, 3.05) is 0 Å². The molecule has 0 radical (unpaired) electrons. The number of carbonyl (C=O) groups is 2. The maximum atomic E-state index is 13.6. The number of benzene rings is 2. The zero-order chi connectivity index (χ0) is 20.3. The first-order chi connectivity index (χ1) is 13.2. The van der Waals surface area contributed by atoms with E-state index in [1.54, 1.807) is 48.5 Å². The van der Waals surface area contributed by atoms with Crippen LogP contribution in [0.1, 0.15) is 57.5 Å². The van der Waals surface area contributed by atoms with Gasteiger partial charge in [-0.05, 0) is 25.8 Å². The van der Waals surface area contributed by atoms with E-state index in [9.17, 15) is 24.8 Å².